The van der Waals surface area contributed by atoms with Crippen LogP contribution >= 0.6 is 0 Å². The molecule has 0 N–H and O–H groups in total. The topological polar surface area (TPSA) is 54.0 Å². The van der Waals surface area contributed by atoms with Gasteiger partial charge in [0.1, 0.15) is 5.60 Å². The first-order valence-electron chi connectivity index (χ1n) is 12.6. The molecule has 31 heavy (non-hydrogen) atoms. The van der Waals surface area contributed by atoms with Gasteiger partial charge in [-0.15, -0.1) is 0 Å². The van der Waals surface area contributed by atoms with Crippen molar-refractivity contribution in [1.29, 1.82) is 0 Å². The van der Waals surface area contributed by atoms with E-state index in [1.165, 1.54) is 42.4 Å². The van der Waals surface area contributed by atoms with E-state index in [2.05, 4.69) is 0 Å². The van der Waals surface area contributed by atoms with Crippen molar-refractivity contribution in [2.24, 2.45) is 35.5 Å². The molecule has 4 atom stereocenters. The lowest BCUT2D eigenvalue weighted by atomic mass is 9.71. The number of ether oxygens (including phenoxy) is 1. The minimum atomic E-state index is -2.25. The molecule has 4 aliphatic rings. The predicted octanol–water partition coefficient (Wildman–Crippen LogP) is 6.09. The summed E-state index contributed by atoms with van der Waals surface area (Å²) in [6, 6.07) is 0. The maximum absolute atomic E-state index is 10.2. The van der Waals surface area contributed by atoms with Gasteiger partial charge in [0.25, 0.3) is 0 Å². The molecular formula is C25H48O5Si. The summed E-state index contributed by atoms with van der Waals surface area (Å²) in [5.74, 6) is 7.07. The number of carbonyl (C=O) groups is 1. The molecule has 4 rings (SSSR count). The zero-order valence-electron chi connectivity index (χ0n) is 21.4. The van der Waals surface area contributed by atoms with E-state index in [0.29, 0.717) is 19.8 Å². The normalized spacial score (nSPS) is 32.6. The van der Waals surface area contributed by atoms with Gasteiger partial charge in [0, 0.05) is 33.3 Å². The predicted molar refractivity (Wildman–Crippen MR) is 127 cm³/mol. The average molecular weight is 457 g/mol. The average Bonchev–Trinajstić information content (AvgIpc) is 3.42. The van der Waals surface area contributed by atoms with E-state index >= 15 is 0 Å². The molecule has 0 aromatic rings. The van der Waals surface area contributed by atoms with Crippen molar-refractivity contribution in [3.8, 4) is 0 Å². The van der Waals surface area contributed by atoms with E-state index < -0.39 is 8.80 Å². The standard InChI is InChI=1S/C12H18.C7H18O3Si.C6H12O2/c1-2-8-5-7(1)11-9-3-4-10(6-9)12(8)11;1-5-8-11(4,9-6-2)10-7-3;1-5(7)8-6(2,3)4/h7-12H,1-6H2;5-7H2,1-4H3;1-4H3. The third kappa shape index (κ3) is 7.55. The Morgan fingerprint density at radius 1 is 0.774 bits per heavy atom. The van der Waals surface area contributed by atoms with E-state index in [9.17, 15) is 4.79 Å². The molecule has 0 aromatic carbocycles. The molecule has 4 bridgehead atoms. The minimum absolute atomic E-state index is 0.225. The Labute approximate surface area is 192 Å². The summed E-state index contributed by atoms with van der Waals surface area (Å²) in [6.45, 7) is 16.7. The van der Waals surface area contributed by atoms with Crippen LogP contribution in [0.3, 0.4) is 0 Å². The fraction of sp³-hybridized carbons (Fsp3) is 0.960. The van der Waals surface area contributed by atoms with Crippen LogP contribution in [0.1, 0.15) is 87.0 Å². The Bertz CT molecular complexity index is 500. The van der Waals surface area contributed by atoms with E-state index in [1.807, 2.05) is 48.1 Å². The summed E-state index contributed by atoms with van der Waals surface area (Å²) in [7, 11) is -2.25. The van der Waals surface area contributed by atoms with Crippen molar-refractivity contribution in [2.45, 2.75) is 99.1 Å². The zero-order valence-corrected chi connectivity index (χ0v) is 22.4. The van der Waals surface area contributed by atoms with Gasteiger partial charge < -0.3 is 18.0 Å². The van der Waals surface area contributed by atoms with Crippen molar-refractivity contribution in [3.05, 3.63) is 0 Å². The van der Waals surface area contributed by atoms with Crippen molar-refractivity contribution in [2.75, 3.05) is 19.8 Å². The van der Waals surface area contributed by atoms with Crippen LogP contribution in [0.4, 0.5) is 0 Å². The molecule has 182 valence electrons. The van der Waals surface area contributed by atoms with Gasteiger partial charge in [0.05, 0.1) is 0 Å². The Hall–Kier alpha value is -0.433. The van der Waals surface area contributed by atoms with Crippen LogP contribution in [-0.4, -0.2) is 40.2 Å². The van der Waals surface area contributed by atoms with Gasteiger partial charge in [-0.3, -0.25) is 4.79 Å². The number of esters is 1. The molecule has 0 aromatic heterocycles. The third-order valence-electron chi connectivity index (χ3n) is 7.32. The molecule has 5 nitrogen and oxygen atoms in total. The monoisotopic (exact) mass is 456 g/mol. The highest BCUT2D eigenvalue weighted by Crippen LogP contribution is 2.67. The fourth-order valence-corrected chi connectivity index (χ4v) is 8.70. The Balaban J connectivity index is 0.000000170. The first kappa shape index (κ1) is 26.8. The molecule has 0 spiro atoms. The van der Waals surface area contributed by atoms with Crippen LogP contribution in [0.15, 0.2) is 0 Å². The first-order valence-corrected chi connectivity index (χ1v) is 14.9. The molecule has 0 saturated heterocycles. The van der Waals surface area contributed by atoms with Crippen molar-refractivity contribution >= 4 is 14.8 Å². The molecular weight excluding hydrogens is 408 g/mol. The van der Waals surface area contributed by atoms with Gasteiger partial charge in [-0.2, -0.15) is 0 Å². The van der Waals surface area contributed by atoms with Crippen LogP contribution in [0.5, 0.6) is 0 Å². The summed E-state index contributed by atoms with van der Waals surface area (Å²) in [5.41, 5.74) is -0.328. The fourth-order valence-electron chi connectivity index (χ4n) is 6.87. The molecule has 0 radical (unpaired) electrons. The Kier molecular flexibility index (Phi) is 10.1. The lowest BCUT2D eigenvalue weighted by Gasteiger charge is -2.34. The smallest absolute Gasteiger partial charge is 0.460 e. The van der Waals surface area contributed by atoms with Crippen LogP contribution in [0, 0.1) is 35.5 Å². The number of carbonyl (C=O) groups excluding carboxylic acids is 1. The molecule has 0 aliphatic heterocycles. The molecule has 4 unspecified atom stereocenters. The lowest BCUT2D eigenvalue weighted by molar-refractivity contribution is -0.151. The van der Waals surface area contributed by atoms with Crippen LogP contribution in [0.25, 0.3) is 0 Å². The lowest BCUT2D eigenvalue weighted by Crippen LogP contribution is -2.42. The second-order valence-electron chi connectivity index (χ2n) is 10.7. The third-order valence-corrected chi connectivity index (χ3v) is 9.76. The van der Waals surface area contributed by atoms with Crippen LogP contribution in [-0.2, 0) is 22.8 Å². The highest BCUT2D eigenvalue weighted by molar-refractivity contribution is 6.59. The summed E-state index contributed by atoms with van der Waals surface area (Å²) in [6.07, 6.45) is 9.71. The number of hydrogen-bond donors (Lipinski definition) is 0. The van der Waals surface area contributed by atoms with Crippen molar-refractivity contribution in [3.63, 3.8) is 0 Å². The van der Waals surface area contributed by atoms with Gasteiger partial charge in [0.2, 0.25) is 0 Å². The van der Waals surface area contributed by atoms with Gasteiger partial charge in [-0.25, -0.2) is 0 Å². The highest BCUT2D eigenvalue weighted by atomic mass is 28.4. The number of hydrogen-bond acceptors (Lipinski definition) is 5. The molecule has 4 saturated carbocycles. The number of fused-ring (bicyclic) bond motifs is 9. The highest BCUT2D eigenvalue weighted by Gasteiger charge is 2.59. The minimum Gasteiger partial charge on any atom is -0.460 e. The molecule has 6 heteroatoms. The molecule has 0 heterocycles. The van der Waals surface area contributed by atoms with E-state index in [-0.39, 0.29) is 11.6 Å². The first-order chi connectivity index (χ1) is 14.5. The SMILES string of the molecule is C1CC2CC1C1C3CCC(C3)C21.CC(=O)OC(C)(C)C.CCO[Si](C)(OCC)OCC. The van der Waals surface area contributed by atoms with Gasteiger partial charge >= 0.3 is 14.8 Å². The van der Waals surface area contributed by atoms with Crippen LogP contribution in [0.2, 0.25) is 6.55 Å². The maximum atomic E-state index is 10.2. The summed E-state index contributed by atoms with van der Waals surface area (Å²) >= 11 is 0. The summed E-state index contributed by atoms with van der Waals surface area (Å²) in [4.78, 5) is 10.2. The second-order valence-corrected chi connectivity index (χ2v) is 13.3. The van der Waals surface area contributed by atoms with E-state index in [0.717, 1.165) is 0 Å². The number of rotatable bonds is 6. The second kappa shape index (κ2) is 11.6. The van der Waals surface area contributed by atoms with Gasteiger partial charge in [0.15, 0.2) is 0 Å². The Morgan fingerprint density at radius 2 is 1.10 bits per heavy atom. The summed E-state index contributed by atoms with van der Waals surface area (Å²) < 4.78 is 21.0. The van der Waals surface area contributed by atoms with Crippen molar-refractivity contribution < 1.29 is 22.8 Å². The summed E-state index contributed by atoms with van der Waals surface area (Å²) in [5, 5.41) is 0. The zero-order chi connectivity index (χ0) is 23.2. The largest absolute Gasteiger partial charge is 0.497 e. The van der Waals surface area contributed by atoms with Gasteiger partial charge in [-0.05, 0) is 116 Å². The van der Waals surface area contributed by atoms with Crippen LogP contribution < -0.4 is 0 Å². The molecule has 0 amide bonds. The van der Waals surface area contributed by atoms with Gasteiger partial charge in [-0.1, -0.05) is 0 Å². The Morgan fingerprint density at radius 3 is 1.29 bits per heavy atom. The quantitative estimate of drug-likeness (QED) is 0.275. The van der Waals surface area contributed by atoms with E-state index in [4.69, 9.17) is 18.0 Å². The molecule has 4 aliphatic carbocycles. The maximum Gasteiger partial charge on any atom is 0.497 e. The van der Waals surface area contributed by atoms with E-state index in [1.54, 1.807) is 38.5 Å². The van der Waals surface area contributed by atoms with Crippen molar-refractivity contribution in [1.82, 2.24) is 0 Å². The molecule has 4 fully saturated rings.